The number of H-pyrrole nitrogens is 1. The zero-order valence-electron chi connectivity index (χ0n) is 24.0. The van der Waals surface area contributed by atoms with E-state index in [0.29, 0.717) is 62.8 Å². The van der Waals surface area contributed by atoms with Gasteiger partial charge in [0.25, 0.3) is 5.91 Å². The molecule has 5 aromatic rings. The van der Waals surface area contributed by atoms with Gasteiger partial charge in [0, 0.05) is 35.2 Å². The molecule has 3 heterocycles. The number of hydrogen-bond donors (Lipinski definition) is 1. The lowest BCUT2D eigenvalue weighted by atomic mass is 9.98. The Morgan fingerprint density at radius 2 is 1.74 bits per heavy atom. The van der Waals surface area contributed by atoms with Gasteiger partial charge < -0.3 is 38.0 Å². The summed E-state index contributed by atoms with van der Waals surface area (Å²) >= 11 is 6.46. The number of nitrogens with zero attached hydrogens (tertiary/aromatic N) is 1. The van der Waals surface area contributed by atoms with E-state index in [1.54, 1.807) is 29.2 Å². The van der Waals surface area contributed by atoms with E-state index in [2.05, 4.69) is 4.98 Å². The fourth-order valence-electron chi connectivity index (χ4n) is 5.61. The highest BCUT2D eigenvalue weighted by Crippen LogP contribution is 2.48. The van der Waals surface area contributed by atoms with Crippen molar-refractivity contribution in [1.29, 1.82) is 0 Å². The van der Waals surface area contributed by atoms with E-state index in [1.165, 1.54) is 28.4 Å². The monoisotopic (exact) mass is 604 g/mol. The SMILES string of the molecule is COC(=O)c1cc2c3c(cc(OCc4ccccc4)c2o1)N(C(=O)c1cc2cc(OC)c(OC)c(OC)c2[nH]1)C[C@@H]3CCl. The molecule has 0 spiro atoms. The molecule has 0 aliphatic carbocycles. The number of hydrogen-bond acceptors (Lipinski definition) is 8. The maximum absolute atomic E-state index is 14.1. The molecule has 3 aromatic carbocycles. The van der Waals surface area contributed by atoms with E-state index >= 15 is 0 Å². The van der Waals surface area contributed by atoms with Crippen LogP contribution in [0.2, 0.25) is 0 Å². The fraction of sp³-hybridized carbons (Fsp3) is 0.250. The first-order valence-electron chi connectivity index (χ1n) is 13.5. The van der Waals surface area contributed by atoms with Crippen LogP contribution in [0.15, 0.2) is 59.0 Å². The van der Waals surface area contributed by atoms with Crippen LogP contribution in [0.5, 0.6) is 23.0 Å². The maximum atomic E-state index is 14.1. The van der Waals surface area contributed by atoms with Gasteiger partial charge in [-0.05, 0) is 29.3 Å². The van der Waals surface area contributed by atoms with Crippen LogP contribution in [-0.2, 0) is 11.3 Å². The quantitative estimate of drug-likeness (QED) is 0.154. The van der Waals surface area contributed by atoms with Crippen LogP contribution in [0.25, 0.3) is 21.9 Å². The second-order valence-electron chi connectivity index (χ2n) is 9.99. The summed E-state index contributed by atoms with van der Waals surface area (Å²) in [6.07, 6.45) is 0. The summed E-state index contributed by atoms with van der Waals surface area (Å²) in [4.78, 5) is 31.4. The predicted octanol–water partition coefficient (Wildman–Crippen LogP) is 6.29. The van der Waals surface area contributed by atoms with Gasteiger partial charge in [-0.1, -0.05) is 30.3 Å². The fourth-order valence-corrected chi connectivity index (χ4v) is 5.86. The summed E-state index contributed by atoms with van der Waals surface area (Å²) in [6, 6.07) is 16.6. The molecule has 1 N–H and O–H groups in total. The molecule has 43 heavy (non-hydrogen) atoms. The van der Waals surface area contributed by atoms with Crippen LogP contribution in [-0.4, -0.2) is 57.7 Å². The van der Waals surface area contributed by atoms with Crippen molar-refractivity contribution >= 4 is 51.0 Å². The van der Waals surface area contributed by atoms with Gasteiger partial charge in [0.05, 0.1) is 39.6 Å². The van der Waals surface area contributed by atoms with Gasteiger partial charge in [-0.3, -0.25) is 4.79 Å². The maximum Gasteiger partial charge on any atom is 0.373 e. The van der Waals surface area contributed by atoms with E-state index in [1.807, 2.05) is 30.3 Å². The number of alkyl halides is 1. The zero-order valence-corrected chi connectivity index (χ0v) is 24.7. The lowest BCUT2D eigenvalue weighted by Crippen LogP contribution is -2.30. The third-order valence-corrected chi connectivity index (χ3v) is 7.97. The second kappa shape index (κ2) is 11.4. The van der Waals surface area contributed by atoms with Gasteiger partial charge in [-0.15, -0.1) is 11.6 Å². The second-order valence-corrected chi connectivity index (χ2v) is 10.3. The highest BCUT2D eigenvalue weighted by atomic mass is 35.5. The smallest absolute Gasteiger partial charge is 0.373 e. The molecule has 11 heteroatoms. The van der Waals surface area contributed by atoms with Crippen LogP contribution >= 0.6 is 11.6 Å². The number of carbonyl (C=O) groups excluding carboxylic acids is 2. The van der Waals surface area contributed by atoms with Crippen LogP contribution in [0.4, 0.5) is 5.69 Å². The van der Waals surface area contributed by atoms with Crippen molar-refractivity contribution in [2.45, 2.75) is 12.5 Å². The Morgan fingerprint density at radius 3 is 2.42 bits per heavy atom. The number of fused-ring (bicyclic) bond motifs is 4. The highest BCUT2D eigenvalue weighted by Gasteiger charge is 2.37. The number of amides is 1. The number of anilines is 1. The van der Waals surface area contributed by atoms with Gasteiger partial charge in [-0.2, -0.15) is 0 Å². The number of aromatic amines is 1. The molecule has 2 aromatic heterocycles. The number of halogens is 1. The first-order chi connectivity index (χ1) is 20.9. The number of ether oxygens (including phenoxy) is 5. The molecule has 6 rings (SSSR count). The number of aromatic nitrogens is 1. The Bertz CT molecular complexity index is 1850. The Labute approximate surface area is 252 Å². The lowest BCUT2D eigenvalue weighted by Gasteiger charge is -2.18. The molecule has 0 bridgehead atoms. The predicted molar refractivity (Wildman–Crippen MR) is 161 cm³/mol. The van der Waals surface area contributed by atoms with Gasteiger partial charge in [0.2, 0.25) is 11.5 Å². The molecule has 0 saturated heterocycles. The third kappa shape index (κ3) is 4.77. The number of benzene rings is 3. The van der Waals surface area contributed by atoms with E-state index in [4.69, 9.17) is 39.7 Å². The molecular weight excluding hydrogens is 576 g/mol. The van der Waals surface area contributed by atoms with Crippen LogP contribution in [0.1, 0.15) is 38.1 Å². The Hall–Kier alpha value is -4.83. The van der Waals surface area contributed by atoms with E-state index in [0.717, 1.165) is 11.1 Å². The van der Waals surface area contributed by atoms with Gasteiger partial charge in [0.15, 0.2) is 22.8 Å². The van der Waals surface area contributed by atoms with Crippen LogP contribution in [0, 0.1) is 0 Å². The molecule has 1 atom stereocenters. The minimum Gasteiger partial charge on any atom is -0.493 e. The molecule has 222 valence electrons. The summed E-state index contributed by atoms with van der Waals surface area (Å²) in [6.45, 7) is 0.564. The Morgan fingerprint density at radius 1 is 0.977 bits per heavy atom. The van der Waals surface area contributed by atoms with E-state index in [-0.39, 0.29) is 30.1 Å². The summed E-state index contributed by atoms with van der Waals surface area (Å²) < 4.78 is 33.7. The molecule has 0 radical (unpaired) electrons. The average molecular weight is 605 g/mol. The van der Waals surface area contributed by atoms with Crippen molar-refractivity contribution in [1.82, 2.24) is 4.98 Å². The topological polar surface area (TPSA) is 112 Å². The number of carbonyl (C=O) groups is 2. The zero-order chi connectivity index (χ0) is 30.2. The minimum atomic E-state index is -0.620. The van der Waals surface area contributed by atoms with Crippen LogP contribution < -0.4 is 23.8 Å². The van der Waals surface area contributed by atoms with Crippen molar-refractivity contribution in [2.24, 2.45) is 0 Å². The summed E-state index contributed by atoms with van der Waals surface area (Å²) in [7, 11) is 5.87. The normalized spacial score (nSPS) is 14.2. The minimum absolute atomic E-state index is 0.0270. The molecule has 10 nitrogen and oxygen atoms in total. The Kier molecular flexibility index (Phi) is 7.53. The number of rotatable bonds is 9. The van der Waals surface area contributed by atoms with Crippen molar-refractivity contribution in [3.8, 4) is 23.0 Å². The van der Waals surface area contributed by atoms with E-state index < -0.39 is 5.97 Å². The number of furan rings is 1. The van der Waals surface area contributed by atoms with E-state index in [9.17, 15) is 9.59 Å². The molecule has 0 unspecified atom stereocenters. The third-order valence-electron chi connectivity index (χ3n) is 7.60. The molecular formula is C32H29ClN2O8. The number of methoxy groups -OCH3 is 4. The first-order valence-corrected chi connectivity index (χ1v) is 14.0. The summed E-state index contributed by atoms with van der Waals surface area (Å²) in [5.74, 6) is 0.826. The summed E-state index contributed by atoms with van der Waals surface area (Å²) in [5.41, 5.74) is 3.66. The van der Waals surface area contributed by atoms with Crippen molar-refractivity contribution in [3.63, 3.8) is 0 Å². The molecule has 0 fully saturated rings. The standard InChI is InChI=1S/C32H29ClN2O8/c1-38-23-11-18-10-21(34-27(18)30(40-3)29(23)39-2)31(36)35-15-19(14-33)26-20-12-25(32(37)41-4)43-28(20)24(13-22(26)35)42-16-17-8-6-5-7-9-17/h5-13,19,34H,14-16H2,1-4H3/t19-/m0/s1. The highest BCUT2D eigenvalue weighted by molar-refractivity contribution is 6.19. The first kappa shape index (κ1) is 28.3. The van der Waals surface area contributed by atoms with Gasteiger partial charge in [0.1, 0.15) is 12.3 Å². The van der Waals surface area contributed by atoms with Gasteiger partial charge >= 0.3 is 5.97 Å². The Balaban J connectivity index is 1.47. The van der Waals surface area contributed by atoms with Crippen molar-refractivity contribution in [3.05, 3.63) is 77.2 Å². The van der Waals surface area contributed by atoms with Crippen molar-refractivity contribution in [2.75, 3.05) is 45.8 Å². The molecule has 1 amide bonds. The average Bonchev–Trinajstić information content (AvgIpc) is 3.77. The lowest BCUT2D eigenvalue weighted by molar-refractivity contribution is 0.0567. The molecule has 1 aliphatic rings. The molecule has 1 aliphatic heterocycles. The largest absolute Gasteiger partial charge is 0.493 e. The summed E-state index contributed by atoms with van der Waals surface area (Å²) in [5, 5.41) is 1.35. The van der Waals surface area contributed by atoms with Crippen LogP contribution in [0.3, 0.4) is 0 Å². The molecule has 0 saturated carbocycles. The van der Waals surface area contributed by atoms with Gasteiger partial charge in [-0.25, -0.2) is 4.79 Å². The number of nitrogens with one attached hydrogen (secondary N) is 1. The van der Waals surface area contributed by atoms with Crippen molar-refractivity contribution < 1.29 is 37.7 Å². The number of esters is 1.